The van der Waals surface area contributed by atoms with Gasteiger partial charge in [0.25, 0.3) is 0 Å². The third-order valence-electron chi connectivity index (χ3n) is 3.85. The van der Waals surface area contributed by atoms with Gasteiger partial charge in [0.2, 0.25) is 0 Å². The zero-order chi connectivity index (χ0) is 15.2. The minimum absolute atomic E-state index is 0.293. The largest absolute Gasteiger partial charge is 0.481 e. The maximum atomic E-state index is 10.5. The van der Waals surface area contributed by atoms with Gasteiger partial charge in [0, 0.05) is 12.8 Å². The Kier molecular flexibility index (Phi) is 12.3. The van der Waals surface area contributed by atoms with Gasteiger partial charge in [-0.15, -0.1) is 0 Å². The molecule has 0 aliphatic rings. The fraction of sp³-hybridized carbons (Fsp3) is 0.875. The van der Waals surface area contributed by atoms with E-state index in [9.17, 15) is 9.59 Å². The monoisotopic (exact) mass is 286 g/mol. The third kappa shape index (κ3) is 13.4. The van der Waals surface area contributed by atoms with Crippen molar-refractivity contribution in [2.75, 3.05) is 0 Å². The highest BCUT2D eigenvalue weighted by Gasteiger charge is 2.08. The van der Waals surface area contributed by atoms with Crippen LogP contribution in [0, 0.1) is 5.92 Å². The van der Waals surface area contributed by atoms with E-state index in [0.717, 1.165) is 38.5 Å². The Balaban J connectivity index is 3.32. The van der Waals surface area contributed by atoms with Gasteiger partial charge in [-0.25, -0.2) is 0 Å². The van der Waals surface area contributed by atoms with Crippen molar-refractivity contribution in [3.05, 3.63) is 0 Å². The molecule has 0 fully saturated rings. The highest BCUT2D eigenvalue weighted by atomic mass is 16.4. The minimum Gasteiger partial charge on any atom is -0.481 e. The quantitative estimate of drug-likeness (QED) is 0.462. The second kappa shape index (κ2) is 12.9. The number of carbonyl (C=O) groups is 2. The minimum atomic E-state index is -0.697. The van der Waals surface area contributed by atoms with Gasteiger partial charge in [-0.05, 0) is 18.8 Å². The first kappa shape index (κ1) is 18.9. The number of carboxylic acid groups (broad SMARTS) is 2. The van der Waals surface area contributed by atoms with E-state index < -0.39 is 11.9 Å². The predicted octanol–water partition coefficient (Wildman–Crippen LogP) is 4.47. The summed E-state index contributed by atoms with van der Waals surface area (Å²) in [5.74, 6) is -0.830. The molecule has 0 spiro atoms. The second-order valence-electron chi connectivity index (χ2n) is 5.61. The Bertz CT molecular complexity index is 263. The molecule has 0 saturated carbocycles. The van der Waals surface area contributed by atoms with Crippen LogP contribution in [0.2, 0.25) is 0 Å². The molecule has 0 rings (SSSR count). The van der Waals surface area contributed by atoms with Gasteiger partial charge in [0.15, 0.2) is 0 Å². The van der Waals surface area contributed by atoms with Gasteiger partial charge in [0.1, 0.15) is 0 Å². The zero-order valence-electron chi connectivity index (χ0n) is 12.8. The maximum Gasteiger partial charge on any atom is 0.303 e. The summed E-state index contributed by atoms with van der Waals surface area (Å²) >= 11 is 0. The predicted molar refractivity (Wildman–Crippen MR) is 79.8 cm³/mol. The normalized spacial score (nSPS) is 12.2. The molecule has 118 valence electrons. The molecule has 4 heteroatoms. The lowest BCUT2D eigenvalue weighted by molar-refractivity contribution is -0.138. The molecule has 2 N–H and O–H groups in total. The Morgan fingerprint density at radius 2 is 1.25 bits per heavy atom. The summed E-state index contributed by atoms with van der Waals surface area (Å²) in [5.41, 5.74) is 0. The van der Waals surface area contributed by atoms with Crippen molar-refractivity contribution in [1.82, 2.24) is 0 Å². The van der Waals surface area contributed by atoms with E-state index in [1.54, 1.807) is 0 Å². The smallest absolute Gasteiger partial charge is 0.303 e. The number of unbranched alkanes of at least 4 members (excludes halogenated alkanes) is 6. The molecule has 0 aromatic carbocycles. The average molecular weight is 286 g/mol. The van der Waals surface area contributed by atoms with Crippen molar-refractivity contribution in [3.63, 3.8) is 0 Å². The molecule has 0 bridgehead atoms. The first-order chi connectivity index (χ1) is 9.56. The summed E-state index contributed by atoms with van der Waals surface area (Å²) in [7, 11) is 0. The van der Waals surface area contributed by atoms with E-state index >= 15 is 0 Å². The van der Waals surface area contributed by atoms with Crippen LogP contribution in [-0.2, 0) is 9.59 Å². The molecule has 1 atom stereocenters. The summed E-state index contributed by atoms with van der Waals surface area (Å²) in [6.07, 6.45) is 11.3. The summed E-state index contributed by atoms with van der Waals surface area (Å²) in [6, 6.07) is 0. The lowest BCUT2D eigenvalue weighted by Gasteiger charge is -2.13. The van der Waals surface area contributed by atoms with E-state index in [1.807, 2.05) is 0 Å². The van der Waals surface area contributed by atoms with Crippen LogP contribution in [0.15, 0.2) is 0 Å². The van der Waals surface area contributed by atoms with Gasteiger partial charge >= 0.3 is 11.9 Å². The highest BCUT2D eigenvalue weighted by molar-refractivity contribution is 5.66. The van der Waals surface area contributed by atoms with Crippen LogP contribution in [0.5, 0.6) is 0 Å². The van der Waals surface area contributed by atoms with Crippen molar-refractivity contribution in [3.8, 4) is 0 Å². The number of carboxylic acids is 2. The first-order valence-electron chi connectivity index (χ1n) is 7.99. The summed E-state index contributed by atoms with van der Waals surface area (Å²) in [6.45, 7) is 2.13. The van der Waals surface area contributed by atoms with Gasteiger partial charge < -0.3 is 10.2 Å². The summed E-state index contributed by atoms with van der Waals surface area (Å²) in [5, 5.41) is 17.2. The molecule has 0 heterocycles. The Labute approximate surface area is 122 Å². The van der Waals surface area contributed by atoms with Crippen LogP contribution in [-0.4, -0.2) is 22.2 Å². The van der Waals surface area contributed by atoms with E-state index in [4.69, 9.17) is 10.2 Å². The zero-order valence-corrected chi connectivity index (χ0v) is 12.8. The van der Waals surface area contributed by atoms with Crippen LogP contribution in [0.25, 0.3) is 0 Å². The highest BCUT2D eigenvalue weighted by Crippen LogP contribution is 2.19. The lowest BCUT2D eigenvalue weighted by Crippen LogP contribution is -2.03. The van der Waals surface area contributed by atoms with E-state index in [2.05, 4.69) is 6.92 Å². The molecule has 0 aromatic heterocycles. The molecule has 0 radical (unpaired) electrons. The van der Waals surface area contributed by atoms with E-state index in [1.165, 1.54) is 25.7 Å². The number of hydrogen-bond acceptors (Lipinski definition) is 2. The molecule has 20 heavy (non-hydrogen) atoms. The number of rotatable bonds is 14. The molecule has 4 nitrogen and oxygen atoms in total. The van der Waals surface area contributed by atoms with Crippen molar-refractivity contribution < 1.29 is 19.8 Å². The van der Waals surface area contributed by atoms with E-state index in [0.29, 0.717) is 18.8 Å². The molecule has 0 saturated heterocycles. The van der Waals surface area contributed by atoms with Gasteiger partial charge in [0.05, 0.1) is 0 Å². The third-order valence-corrected chi connectivity index (χ3v) is 3.85. The number of hydrogen-bond donors (Lipinski definition) is 2. The van der Waals surface area contributed by atoms with Crippen molar-refractivity contribution in [1.29, 1.82) is 0 Å². The van der Waals surface area contributed by atoms with Gasteiger partial charge in [-0.1, -0.05) is 58.3 Å². The molecule has 0 amide bonds. The summed E-state index contributed by atoms with van der Waals surface area (Å²) in [4.78, 5) is 20.9. The Morgan fingerprint density at radius 3 is 1.75 bits per heavy atom. The van der Waals surface area contributed by atoms with Crippen LogP contribution >= 0.6 is 0 Å². The molecule has 1 unspecified atom stereocenters. The first-order valence-corrected chi connectivity index (χ1v) is 7.99. The molecule has 0 aliphatic heterocycles. The van der Waals surface area contributed by atoms with Crippen LogP contribution in [0.4, 0.5) is 0 Å². The van der Waals surface area contributed by atoms with Crippen LogP contribution in [0.1, 0.15) is 84.0 Å². The molecule has 0 aromatic rings. The maximum absolute atomic E-state index is 10.5. The lowest BCUT2D eigenvalue weighted by atomic mass is 9.93. The van der Waals surface area contributed by atoms with Gasteiger partial charge in [-0.2, -0.15) is 0 Å². The molecule has 0 aliphatic carbocycles. The average Bonchev–Trinajstić information content (AvgIpc) is 2.39. The van der Waals surface area contributed by atoms with Crippen molar-refractivity contribution in [2.45, 2.75) is 84.0 Å². The van der Waals surface area contributed by atoms with Crippen molar-refractivity contribution in [2.24, 2.45) is 5.92 Å². The topological polar surface area (TPSA) is 74.6 Å². The van der Waals surface area contributed by atoms with E-state index in [-0.39, 0.29) is 0 Å². The Hall–Kier alpha value is -1.06. The van der Waals surface area contributed by atoms with Crippen LogP contribution in [0.3, 0.4) is 0 Å². The fourth-order valence-electron chi connectivity index (χ4n) is 2.47. The van der Waals surface area contributed by atoms with Crippen LogP contribution < -0.4 is 0 Å². The molecular weight excluding hydrogens is 256 g/mol. The fourth-order valence-corrected chi connectivity index (χ4v) is 2.47. The standard InChI is InChI=1S/C16H30O4/c1-2-14(12-13-16(19)20)10-8-6-4-3-5-7-9-11-15(17)18/h14H,2-13H2,1H3,(H,17,18)(H,19,20). The number of aliphatic carboxylic acids is 2. The Morgan fingerprint density at radius 1 is 0.750 bits per heavy atom. The molecular formula is C16H30O4. The van der Waals surface area contributed by atoms with Crippen molar-refractivity contribution >= 4 is 11.9 Å². The SMILES string of the molecule is CCC(CCCCCCCCCC(=O)O)CCC(=O)O. The van der Waals surface area contributed by atoms with Gasteiger partial charge in [-0.3, -0.25) is 9.59 Å². The second-order valence-corrected chi connectivity index (χ2v) is 5.61. The summed E-state index contributed by atoms with van der Waals surface area (Å²) < 4.78 is 0.